The van der Waals surface area contributed by atoms with E-state index in [0.29, 0.717) is 37.6 Å². The highest BCUT2D eigenvalue weighted by atomic mass is 16.5. The number of aromatic nitrogens is 6. The first-order valence-corrected chi connectivity index (χ1v) is 16.6. The van der Waals surface area contributed by atoms with Crippen molar-refractivity contribution in [2.24, 2.45) is 0 Å². The summed E-state index contributed by atoms with van der Waals surface area (Å²) in [6, 6.07) is 24.0. The summed E-state index contributed by atoms with van der Waals surface area (Å²) >= 11 is 0. The number of rotatable bonds is 13. The predicted octanol–water partition coefficient (Wildman–Crippen LogP) is 6.72. The van der Waals surface area contributed by atoms with E-state index in [-0.39, 0.29) is 23.6 Å². The highest BCUT2D eigenvalue weighted by Crippen LogP contribution is 2.33. The quantitative estimate of drug-likeness (QED) is 0.143. The molecule has 0 bridgehead atoms. The van der Waals surface area contributed by atoms with Gasteiger partial charge >= 0.3 is 5.97 Å². The van der Waals surface area contributed by atoms with Crippen LogP contribution in [0.1, 0.15) is 91.3 Å². The summed E-state index contributed by atoms with van der Waals surface area (Å²) in [5.74, 6) is 0.283. The van der Waals surface area contributed by atoms with Gasteiger partial charge in [0.2, 0.25) is 0 Å². The van der Waals surface area contributed by atoms with E-state index in [1.165, 1.54) is 0 Å². The van der Waals surface area contributed by atoms with Gasteiger partial charge in [0, 0.05) is 29.3 Å². The topological polar surface area (TPSA) is 117 Å². The normalized spacial score (nSPS) is 15.8. The molecule has 0 saturated heterocycles. The van der Waals surface area contributed by atoms with Gasteiger partial charge in [-0.1, -0.05) is 74.0 Å². The molecule has 2 unspecified atom stereocenters. The van der Waals surface area contributed by atoms with Crippen molar-refractivity contribution in [3.8, 4) is 22.5 Å². The number of esters is 1. The van der Waals surface area contributed by atoms with E-state index in [1.54, 1.807) is 13.0 Å². The molecule has 1 aliphatic heterocycles. The van der Waals surface area contributed by atoms with Gasteiger partial charge in [-0.2, -0.15) is 0 Å². The molecular formula is C37H42N6O4. The van der Waals surface area contributed by atoms with Crippen molar-refractivity contribution in [2.75, 3.05) is 13.2 Å². The zero-order valence-corrected chi connectivity index (χ0v) is 27.3. The summed E-state index contributed by atoms with van der Waals surface area (Å²) in [7, 11) is 0. The second-order valence-corrected chi connectivity index (χ2v) is 12.2. The van der Waals surface area contributed by atoms with E-state index in [0.717, 1.165) is 71.2 Å². The third-order valence-corrected chi connectivity index (χ3v) is 8.96. The number of carbonyl (C=O) groups excluding carboxylic acids is 1. The van der Waals surface area contributed by atoms with Crippen molar-refractivity contribution < 1.29 is 14.3 Å². The predicted molar refractivity (Wildman–Crippen MR) is 180 cm³/mol. The van der Waals surface area contributed by atoms with Gasteiger partial charge in [-0.15, -0.1) is 5.10 Å². The van der Waals surface area contributed by atoms with Crippen molar-refractivity contribution >= 4 is 5.97 Å². The molecule has 3 heterocycles. The molecule has 3 aromatic carbocycles. The van der Waals surface area contributed by atoms with Gasteiger partial charge in [0.05, 0.1) is 31.4 Å². The number of H-pyrrole nitrogens is 1. The Bertz CT molecular complexity index is 1860. The number of aromatic amines is 1. The van der Waals surface area contributed by atoms with Crippen LogP contribution in [-0.2, 0) is 28.9 Å². The number of hydrogen-bond donors (Lipinski definition) is 1. The zero-order chi connectivity index (χ0) is 32.8. The monoisotopic (exact) mass is 634 g/mol. The van der Waals surface area contributed by atoms with Gasteiger partial charge in [-0.25, -0.2) is 14.6 Å². The Morgan fingerprint density at radius 1 is 0.957 bits per heavy atom. The Morgan fingerprint density at radius 3 is 2.51 bits per heavy atom. The average molecular weight is 635 g/mol. The Morgan fingerprint density at radius 2 is 1.77 bits per heavy atom. The van der Waals surface area contributed by atoms with Crippen LogP contribution in [0.4, 0.5) is 0 Å². The molecular weight excluding hydrogens is 592 g/mol. The van der Waals surface area contributed by atoms with Gasteiger partial charge in [-0.3, -0.25) is 9.48 Å². The Balaban J connectivity index is 1.24. The van der Waals surface area contributed by atoms with Crippen LogP contribution in [0, 0.1) is 0 Å². The fourth-order valence-corrected chi connectivity index (χ4v) is 6.60. The van der Waals surface area contributed by atoms with Crippen molar-refractivity contribution in [3.05, 3.63) is 111 Å². The second kappa shape index (κ2) is 14.7. The van der Waals surface area contributed by atoms with Gasteiger partial charge in [0.15, 0.2) is 5.82 Å². The lowest BCUT2D eigenvalue weighted by atomic mass is 9.96. The average Bonchev–Trinajstić information content (AvgIpc) is 3.73. The molecule has 244 valence electrons. The molecule has 1 N–H and O–H groups in total. The van der Waals surface area contributed by atoms with Gasteiger partial charge in [0.25, 0.3) is 5.56 Å². The minimum Gasteiger partial charge on any atom is -0.462 e. The van der Waals surface area contributed by atoms with E-state index in [9.17, 15) is 9.59 Å². The van der Waals surface area contributed by atoms with Crippen LogP contribution in [-0.4, -0.2) is 49.2 Å². The number of carbonyl (C=O) groups is 1. The zero-order valence-electron chi connectivity index (χ0n) is 27.3. The van der Waals surface area contributed by atoms with Crippen LogP contribution >= 0.6 is 0 Å². The number of nitrogens with one attached hydrogen (secondary N) is 1. The van der Waals surface area contributed by atoms with Crippen LogP contribution in [0.3, 0.4) is 0 Å². The van der Waals surface area contributed by atoms with Crippen molar-refractivity contribution in [3.63, 3.8) is 0 Å². The van der Waals surface area contributed by atoms with Crippen LogP contribution in [0.25, 0.3) is 22.5 Å². The highest BCUT2D eigenvalue weighted by molar-refractivity contribution is 5.89. The number of unbranched alkanes of at least 4 members (excludes halogenated alkanes) is 1. The van der Waals surface area contributed by atoms with Crippen LogP contribution in [0.15, 0.2) is 77.6 Å². The van der Waals surface area contributed by atoms with Crippen molar-refractivity contribution in [1.82, 2.24) is 30.0 Å². The first-order chi connectivity index (χ1) is 23.0. The number of benzene rings is 3. The fourth-order valence-electron chi connectivity index (χ4n) is 6.60. The molecule has 6 rings (SSSR count). The molecule has 0 amide bonds. The standard InChI is InChI=1S/C37H42N6O4/c1-4-6-14-34-33(22-26-16-18-28(19-17-26)31-12-7-8-13-32(31)35-38-40-41-39-35)36(44)43-30(20-15-25(3)42(34)43)24-46-23-27-10-9-11-29(21-27)37(45)47-5-2/h7-13,16-19,21,25,30H,4-6,14-15,20,22-24H2,1-3H3,(H,38,39,40,41). The largest absolute Gasteiger partial charge is 0.462 e. The number of hydrogen-bond acceptors (Lipinski definition) is 7. The second-order valence-electron chi connectivity index (χ2n) is 12.2. The van der Waals surface area contributed by atoms with Gasteiger partial charge in [0.1, 0.15) is 0 Å². The Hall–Kier alpha value is -4.83. The maximum absolute atomic E-state index is 14.2. The van der Waals surface area contributed by atoms with E-state index in [4.69, 9.17) is 9.47 Å². The van der Waals surface area contributed by atoms with E-state index in [1.807, 2.05) is 41.1 Å². The molecule has 47 heavy (non-hydrogen) atoms. The lowest BCUT2D eigenvalue weighted by Crippen LogP contribution is -2.36. The molecule has 0 saturated carbocycles. The molecule has 1 aliphatic rings. The molecule has 2 atom stereocenters. The first kappa shape index (κ1) is 32.1. The molecule has 0 spiro atoms. The molecule has 0 aliphatic carbocycles. The summed E-state index contributed by atoms with van der Waals surface area (Å²) in [6.45, 7) is 7.30. The number of nitrogens with zero attached hydrogens (tertiary/aromatic N) is 5. The molecule has 2 aromatic heterocycles. The van der Waals surface area contributed by atoms with Crippen LogP contribution in [0.2, 0.25) is 0 Å². The van der Waals surface area contributed by atoms with Crippen LogP contribution < -0.4 is 5.56 Å². The summed E-state index contributed by atoms with van der Waals surface area (Å²) in [5.41, 5.74) is 7.61. The van der Waals surface area contributed by atoms with Crippen LogP contribution in [0.5, 0.6) is 0 Å². The fraction of sp³-hybridized carbons (Fsp3) is 0.378. The third-order valence-electron chi connectivity index (χ3n) is 8.96. The Kier molecular flexibility index (Phi) is 10.1. The van der Waals surface area contributed by atoms with Gasteiger partial charge in [-0.05, 0) is 84.3 Å². The maximum Gasteiger partial charge on any atom is 0.338 e. The van der Waals surface area contributed by atoms with E-state index in [2.05, 4.69) is 69.5 Å². The minimum absolute atomic E-state index is 0.0643. The third kappa shape index (κ3) is 6.97. The molecule has 0 radical (unpaired) electrons. The van der Waals surface area contributed by atoms with Crippen molar-refractivity contribution in [2.45, 2.75) is 78.0 Å². The van der Waals surface area contributed by atoms with E-state index < -0.39 is 0 Å². The lowest BCUT2D eigenvalue weighted by molar-refractivity contribution is 0.0524. The molecule has 5 aromatic rings. The summed E-state index contributed by atoms with van der Waals surface area (Å²) in [6.07, 6.45) is 5.36. The first-order valence-electron chi connectivity index (χ1n) is 16.6. The summed E-state index contributed by atoms with van der Waals surface area (Å²) < 4.78 is 15.6. The minimum atomic E-state index is -0.337. The summed E-state index contributed by atoms with van der Waals surface area (Å²) in [4.78, 5) is 26.4. The molecule has 10 nitrogen and oxygen atoms in total. The SMILES string of the molecule is CCCCc1c(Cc2ccc(-c3ccccc3-c3nnn[nH]3)cc2)c(=O)n2n1C(C)CCC2COCc1cccc(C(=O)OCC)c1. The lowest BCUT2D eigenvalue weighted by Gasteiger charge is -2.32. The summed E-state index contributed by atoms with van der Waals surface area (Å²) in [5, 5.41) is 14.4. The maximum atomic E-state index is 14.2. The number of ether oxygens (including phenoxy) is 2. The number of fused-ring (bicyclic) bond motifs is 1. The number of tetrazole rings is 1. The van der Waals surface area contributed by atoms with E-state index >= 15 is 0 Å². The van der Waals surface area contributed by atoms with Gasteiger partial charge < -0.3 is 9.47 Å². The molecule has 0 fully saturated rings. The van der Waals surface area contributed by atoms with Crippen molar-refractivity contribution in [1.29, 1.82) is 0 Å². The molecule has 10 heteroatoms. The highest BCUT2D eigenvalue weighted by Gasteiger charge is 2.31. The smallest absolute Gasteiger partial charge is 0.338 e. The Labute approximate surface area is 274 Å².